The van der Waals surface area contributed by atoms with Gasteiger partial charge in [-0.1, -0.05) is 91.0 Å². The normalized spacial score (nSPS) is 18.8. The van der Waals surface area contributed by atoms with Crippen LogP contribution >= 0.6 is 0 Å². The molecule has 0 N–H and O–H groups in total. The first kappa shape index (κ1) is 22.7. The standard InChI is InChI=1S/C28H29FN2O2/c1-22(25-15-9-4-10-16-25)31-21-28(20-29,17-26(31)32)27(33)30(18-23-11-5-2-6-12-23)19-24-13-7-3-8-14-24/h2-16,22H,17-21H2,1H3/t22-,28-/m0/s1. The van der Waals surface area contributed by atoms with Crippen LogP contribution in [0.1, 0.15) is 36.1 Å². The molecule has 1 heterocycles. The molecule has 1 aliphatic rings. The number of alkyl halides is 1. The SMILES string of the molecule is C[C@@H](c1ccccc1)N1C[C@](CF)(C(=O)N(Cc2ccccc2)Cc2ccccc2)CC1=O. The van der Waals surface area contributed by atoms with E-state index in [1.54, 1.807) is 9.80 Å². The van der Waals surface area contributed by atoms with Crippen LogP contribution < -0.4 is 0 Å². The van der Waals surface area contributed by atoms with Crippen molar-refractivity contribution in [1.29, 1.82) is 0 Å². The van der Waals surface area contributed by atoms with Gasteiger partial charge in [-0.05, 0) is 23.6 Å². The van der Waals surface area contributed by atoms with Gasteiger partial charge in [-0.15, -0.1) is 0 Å². The van der Waals surface area contributed by atoms with Crippen LogP contribution in [0.4, 0.5) is 4.39 Å². The second-order valence-corrected chi connectivity index (χ2v) is 8.83. The molecule has 3 aromatic rings. The van der Waals surface area contributed by atoms with Crippen LogP contribution in [-0.2, 0) is 22.7 Å². The highest BCUT2D eigenvalue weighted by atomic mass is 19.1. The van der Waals surface area contributed by atoms with E-state index in [1.165, 1.54) is 0 Å². The maximum absolute atomic E-state index is 14.6. The van der Waals surface area contributed by atoms with E-state index in [4.69, 9.17) is 0 Å². The predicted molar refractivity (Wildman–Crippen MR) is 127 cm³/mol. The van der Waals surface area contributed by atoms with Crippen molar-refractivity contribution in [1.82, 2.24) is 9.80 Å². The smallest absolute Gasteiger partial charge is 0.234 e. The van der Waals surface area contributed by atoms with E-state index in [2.05, 4.69) is 0 Å². The minimum atomic E-state index is -1.37. The van der Waals surface area contributed by atoms with Crippen LogP contribution in [0.5, 0.6) is 0 Å². The van der Waals surface area contributed by atoms with Crippen molar-refractivity contribution in [3.63, 3.8) is 0 Å². The van der Waals surface area contributed by atoms with Crippen LogP contribution in [0.15, 0.2) is 91.0 Å². The molecule has 1 saturated heterocycles. The number of amides is 2. The number of halogens is 1. The van der Waals surface area contributed by atoms with Crippen molar-refractivity contribution < 1.29 is 14.0 Å². The molecule has 1 aliphatic heterocycles. The third kappa shape index (κ3) is 4.98. The van der Waals surface area contributed by atoms with Crippen molar-refractivity contribution >= 4 is 11.8 Å². The average Bonchev–Trinajstić information content (AvgIpc) is 3.22. The Balaban J connectivity index is 1.61. The lowest BCUT2D eigenvalue weighted by atomic mass is 9.86. The zero-order valence-corrected chi connectivity index (χ0v) is 18.9. The molecule has 0 radical (unpaired) electrons. The molecule has 0 unspecified atom stereocenters. The molecular formula is C28H29FN2O2. The van der Waals surface area contributed by atoms with E-state index in [0.717, 1.165) is 16.7 Å². The number of hydrogen-bond donors (Lipinski definition) is 0. The molecule has 3 aromatic carbocycles. The summed E-state index contributed by atoms with van der Waals surface area (Å²) >= 11 is 0. The number of carbonyl (C=O) groups is 2. The Hall–Kier alpha value is -3.47. The molecule has 2 atom stereocenters. The molecule has 170 valence electrons. The second kappa shape index (κ2) is 9.99. The lowest BCUT2D eigenvalue weighted by molar-refractivity contribution is -0.144. The summed E-state index contributed by atoms with van der Waals surface area (Å²) in [5.74, 6) is -0.495. The van der Waals surface area contributed by atoms with E-state index in [9.17, 15) is 14.0 Å². The highest BCUT2D eigenvalue weighted by Gasteiger charge is 2.52. The summed E-state index contributed by atoms with van der Waals surface area (Å²) in [7, 11) is 0. The van der Waals surface area contributed by atoms with Crippen LogP contribution in [0.2, 0.25) is 0 Å². The van der Waals surface area contributed by atoms with Gasteiger partial charge in [0.2, 0.25) is 11.8 Å². The van der Waals surface area contributed by atoms with Gasteiger partial charge in [0.25, 0.3) is 0 Å². The monoisotopic (exact) mass is 444 g/mol. The minimum Gasteiger partial charge on any atom is -0.335 e. The highest BCUT2D eigenvalue weighted by molar-refractivity contribution is 5.93. The van der Waals surface area contributed by atoms with E-state index in [0.29, 0.717) is 13.1 Å². The predicted octanol–water partition coefficient (Wildman–Crippen LogP) is 5.16. The third-order valence-electron chi connectivity index (χ3n) is 6.46. The van der Waals surface area contributed by atoms with Gasteiger partial charge in [0.05, 0.1) is 6.04 Å². The largest absolute Gasteiger partial charge is 0.335 e. The van der Waals surface area contributed by atoms with E-state index < -0.39 is 12.1 Å². The van der Waals surface area contributed by atoms with Gasteiger partial charge in [0.1, 0.15) is 12.1 Å². The first-order valence-corrected chi connectivity index (χ1v) is 11.3. The summed E-state index contributed by atoms with van der Waals surface area (Å²) in [5.41, 5.74) is 1.53. The Morgan fingerprint density at radius 2 is 1.39 bits per heavy atom. The number of nitrogens with zero attached hydrogens (tertiary/aromatic N) is 2. The van der Waals surface area contributed by atoms with Gasteiger partial charge in [0, 0.05) is 26.1 Å². The molecule has 2 amide bonds. The van der Waals surface area contributed by atoms with Crippen molar-refractivity contribution in [2.24, 2.45) is 5.41 Å². The first-order chi connectivity index (χ1) is 16.0. The summed E-state index contributed by atoms with van der Waals surface area (Å²) in [4.78, 5) is 30.2. The molecule has 0 aliphatic carbocycles. The van der Waals surface area contributed by atoms with E-state index in [1.807, 2.05) is 97.9 Å². The van der Waals surface area contributed by atoms with Crippen LogP contribution in [-0.4, -0.2) is 34.8 Å². The zero-order valence-electron chi connectivity index (χ0n) is 18.9. The van der Waals surface area contributed by atoms with Crippen molar-refractivity contribution in [3.8, 4) is 0 Å². The summed E-state index contributed by atoms with van der Waals surface area (Å²) in [6.07, 6.45) is -0.112. The van der Waals surface area contributed by atoms with E-state index >= 15 is 0 Å². The van der Waals surface area contributed by atoms with Crippen LogP contribution in [0.3, 0.4) is 0 Å². The molecule has 0 aromatic heterocycles. The maximum atomic E-state index is 14.6. The van der Waals surface area contributed by atoms with Crippen LogP contribution in [0.25, 0.3) is 0 Å². The Morgan fingerprint density at radius 1 is 0.909 bits per heavy atom. The molecule has 4 rings (SSSR count). The summed E-state index contributed by atoms with van der Waals surface area (Å²) in [5, 5.41) is 0. The van der Waals surface area contributed by atoms with Gasteiger partial charge >= 0.3 is 0 Å². The lowest BCUT2D eigenvalue weighted by Gasteiger charge is -2.33. The molecule has 0 bridgehead atoms. The van der Waals surface area contributed by atoms with Gasteiger partial charge < -0.3 is 9.80 Å². The second-order valence-electron chi connectivity index (χ2n) is 8.83. The molecule has 1 fully saturated rings. The fourth-order valence-corrected chi connectivity index (χ4v) is 4.56. The van der Waals surface area contributed by atoms with Crippen molar-refractivity contribution in [2.75, 3.05) is 13.2 Å². The van der Waals surface area contributed by atoms with Crippen molar-refractivity contribution in [2.45, 2.75) is 32.5 Å². The number of hydrogen-bond acceptors (Lipinski definition) is 2. The highest BCUT2D eigenvalue weighted by Crippen LogP contribution is 2.39. The third-order valence-corrected chi connectivity index (χ3v) is 6.46. The zero-order chi connectivity index (χ0) is 23.3. The van der Waals surface area contributed by atoms with Gasteiger partial charge in [0.15, 0.2) is 0 Å². The first-order valence-electron chi connectivity index (χ1n) is 11.3. The fourth-order valence-electron chi connectivity index (χ4n) is 4.56. The fraction of sp³-hybridized carbons (Fsp3) is 0.286. The molecule has 0 saturated carbocycles. The summed E-state index contributed by atoms with van der Waals surface area (Å²) in [6, 6.07) is 28.8. The summed E-state index contributed by atoms with van der Waals surface area (Å²) < 4.78 is 14.6. The lowest BCUT2D eigenvalue weighted by Crippen LogP contribution is -2.46. The van der Waals surface area contributed by atoms with Gasteiger partial charge in [-0.25, -0.2) is 4.39 Å². The Kier molecular flexibility index (Phi) is 6.87. The van der Waals surface area contributed by atoms with Crippen LogP contribution in [0, 0.1) is 5.41 Å². The number of rotatable bonds is 8. The molecule has 5 heteroatoms. The van der Waals surface area contributed by atoms with Gasteiger partial charge in [-0.3, -0.25) is 9.59 Å². The minimum absolute atomic E-state index is 0.0807. The Morgan fingerprint density at radius 3 is 1.88 bits per heavy atom. The Labute approximate surface area is 194 Å². The summed E-state index contributed by atoms with van der Waals surface area (Å²) in [6.45, 7) is 1.86. The molecular weight excluding hydrogens is 415 g/mol. The van der Waals surface area contributed by atoms with Gasteiger partial charge in [-0.2, -0.15) is 0 Å². The molecule has 33 heavy (non-hydrogen) atoms. The number of carbonyl (C=O) groups excluding carboxylic acids is 2. The average molecular weight is 445 g/mol. The molecule has 4 nitrogen and oxygen atoms in total. The quantitative estimate of drug-likeness (QED) is 0.481. The number of benzene rings is 3. The topological polar surface area (TPSA) is 40.6 Å². The maximum Gasteiger partial charge on any atom is 0.234 e. The van der Waals surface area contributed by atoms with E-state index in [-0.39, 0.29) is 30.8 Å². The Bertz CT molecular complexity index is 1030. The number of likely N-dealkylation sites (tertiary alicyclic amines) is 1. The van der Waals surface area contributed by atoms with Crippen molar-refractivity contribution in [3.05, 3.63) is 108 Å². The molecule has 0 spiro atoms.